The van der Waals surface area contributed by atoms with Crippen molar-refractivity contribution in [2.75, 3.05) is 12.0 Å². The molecule has 1 heterocycles. The van der Waals surface area contributed by atoms with Gasteiger partial charge in [-0.2, -0.15) is 0 Å². The normalized spacial score (nSPS) is 32.6. The lowest BCUT2D eigenvalue weighted by Gasteiger charge is -2.23. The van der Waals surface area contributed by atoms with E-state index in [-0.39, 0.29) is 35.5 Å². The van der Waals surface area contributed by atoms with Gasteiger partial charge in [0.15, 0.2) is 0 Å². The highest BCUT2D eigenvalue weighted by atomic mass is 16.5. The largest absolute Gasteiger partial charge is 0.497 e. The lowest BCUT2D eigenvalue weighted by Crippen LogP contribution is -2.33. The van der Waals surface area contributed by atoms with Crippen LogP contribution in [0.5, 0.6) is 5.75 Å². The average Bonchev–Trinajstić information content (AvgIpc) is 3.32. The number of carbonyl (C=O) groups excluding carboxylic acids is 2. The van der Waals surface area contributed by atoms with E-state index in [9.17, 15) is 9.59 Å². The summed E-state index contributed by atoms with van der Waals surface area (Å²) < 4.78 is 5.18. The molecule has 3 fully saturated rings. The number of methoxy groups -OCH3 is 1. The molecule has 5 rings (SSSR count). The highest BCUT2D eigenvalue weighted by Crippen LogP contribution is 2.58. The van der Waals surface area contributed by atoms with E-state index in [0.29, 0.717) is 5.69 Å². The number of benzene rings is 1. The van der Waals surface area contributed by atoms with Crippen LogP contribution in [0.1, 0.15) is 32.1 Å². The highest BCUT2D eigenvalue weighted by molar-refractivity contribution is 6.23. The molecule has 1 aromatic rings. The van der Waals surface area contributed by atoms with Crippen molar-refractivity contribution in [2.45, 2.75) is 32.1 Å². The molecule has 2 amide bonds. The first-order valence-corrected chi connectivity index (χ1v) is 9.62. The second-order valence-corrected chi connectivity index (χ2v) is 7.82. The van der Waals surface area contributed by atoms with Crippen molar-refractivity contribution in [1.29, 1.82) is 0 Å². The summed E-state index contributed by atoms with van der Waals surface area (Å²) in [6.45, 7) is 0. The summed E-state index contributed by atoms with van der Waals surface area (Å²) in [6, 6.07) is 7.19. The summed E-state index contributed by atoms with van der Waals surface area (Å²) in [6.07, 6.45) is 10.5. The molecule has 4 aliphatic rings. The Bertz CT molecular complexity index is 793. The van der Waals surface area contributed by atoms with Gasteiger partial charge in [-0.3, -0.25) is 9.59 Å². The number of ether oxygens (including phenoxy) is 1. The third-order valence-corrected chi connectivity index (χ3v) is 6.61. The van der Waals surface area contributed by atoms with Gasteiger partial charge in [-0.1, -0.05) is 29.7 Å². The molecule has 134 valence electrons. The standard InChI is InChI=1S/C22H23NO3/c1-26-15-9-7-14(8-10-15)23-21(24)19-16-11-12-17(20(19)22(23)25)18(16)13-5-3-2-4-6-13/h7-12,16-17,19-20H,2-6H2,1H3/t16?,17?,19-,20?/m0/s1. The maximum absolute atomic E-state index is 13.2. The summed E-state index contributed by atoms with van der Waals surface area (Å²) in [5, 5.41) is 0. The van der Waals surface area contributed by atoms with Crippen molar-refractivity contribution in [3.8, 4) is 5.75 Å². The summed E-state index contributed by atoms with van der Waals surface area (Å²) >= 11 is 0. The van der Waals surface area contributed by atoms with Crippen molar-refractivity contribution in [2.24, 2.45) is 23.7 Å². The first-order chi connectivity index (χ1) is 12.7. The van der Waals surface area contributed by atoms with Crippen LogP contribution in [0.15, 0.2) is 47.6 Å². The van der Waals surface area contributed by atoms with Crippen LogP contribution in [0.2, 0.25) is 0 Å². The van der Waals surface area contributed by atoms with Crippen LogP contribution < -0.4 is 9.64 Å². The number of rotatable bonds is 2. The van der Waals surface area contributed by atoms with Gasteiger partial charge in [0.05, 0.1) is 24.6 Å². The minimum absolute atomic E-state index is 0.0315. The minimum atomic E-state index is -0.205. The van der Waals surface area contributed by atoms with Crippen LogP contribution >= 0.6 is 0 Å². The number of anilines is 1. The Morgan fingerprint density at radius 2 is 1.46 bits per heavy atom. The van der Waals surface area contributed by atoms with E-state index >= 15 is 0 Å². The molecule has 2 bridgehead atoms. The third-order valence-electron chi connectivity index (χ3n) is 6.61. The summed E-state index contributed by atoms with van der Waals surface area (Å²) in [7, 11) is 1.61. The van der Waals surface area contributed by atoms with Gasteiger partial charge in [0.1, 0.15) is 5.75 Å². The molecular formula is C22H23NO3. The smallest absolute Gasteiger partial charge is 0.238 e. The van der Waals surface area contributed by atoms with Crippen LogP contribution in [0.25, 0.3) is 0 Å². The number of amides is 2. The Labute approximate surface area is 153 Å². The zero-order valence-corrected chi connectivity index (χ0v) is 15.0. The summed E-state index contributed by atoms with van der Waals surface area (Å²) in [5.74, 6) is 0.523. The van der Waals surface area contributed by atoms with E-state index in [1.54, 1.807) is 31.4 Å². The van der Waals surface area contributed by atoms with Crippen LogP contribution in [-0.4, -0.2) is 18.9 Å². The Hall–Kier alpha value is -2.36. The lowest BCUT2D eigenvalue weighted by atomic mass is 9.85. The van der Waals surface area contributed by atoms with Gasteiger partial charge in [0.2, 0.25) is 11.8 Å². The van der Waals surface area contributed by atoms with Gasteiger partial charge in [0, 0.05) is 11.8 Å². The van der Waals surface area contributed by atoms with Crippen LogP contribution in [0, 0.1) is 23.7 Å². The van der Waals surface area contributed by atoms with Crippen LogP contribution in [-0.2, 0) is 9.59 Å². The van der Waals surface area contributed by atoms with Gasteiger partial charge < -0.3 is 4.74 Å². The van der Waals surface area contributed by atoms with E-state index < -0.39 is 0 Å². The number of hydrogen-bond acceptors (Lipinski definition) is 3. The van der Waals surface area contributed by atoms with Crippen LogP contribution in [0.3, 0.4) is 0 Å². The fourth-order valence-corrected chi connectivity index (χ4v) is 5.49. The Morgan fingerprint density at radius 3 is 2.00 bits per heavy atom. The third kappa shape index (κ3) is 2.08. The zero-order valence-electron chi connectivity index (χ0n) is 15.0. The van der Waals surface area contributed by atoms with E-state index in [1.807, 2.05) is 0 Å². The van der Waals surface area contributed by atoms with Crippen molar-refractivity contribution >= 4 is 17.5 Å². The van der Waals surface area contributed by atoms with Gasteiger partial charge in [0.25, 0.3) is 0 Å². The number of nitrogens with zero attached hydrogens (tertiary/aromatic N) is 1. The molecule has 1 aliphatic heterocycles. The molecule has 0 aromatic heterocycles. The molecule has 0 radical (unpaired) electrons. The molecule has 26 heavy (non-hydrogen) atoms. The predicted molar refractivity (Wildman–Crippen MR) is 98.7 cm³/mol. The fourth-order valence-electron chi connectivity index (χ4n) is 5.49. The van der Waals surface area contributed by atoms with Crippen molar-refractivity contribution in [3.63, 3.8) is 0 Å². The average molecular weight is 349 g/mol. The zero-order chi connectivity index (χ0) is 17.8. The Kier molecular flexibility index (Phi) is 3.56. The maximum atomic E-state index is 13.2. The van der Waals surface area contributed by atoms with Crippen LogP contribution in [0.4, 0.5) is 5.69 Å². The number of imide groups is 1. The fraction of sp³-hybridized carbons (Fsp3) is 0.455. The molecule has 4 nitrogen and oxygen atoms in total. The number of allylic oxidation sites excluding steroid dienone is 4. The quantitative estimate of drug-likeness (QED) is 0.601. The van der Waals surface area contributed by atoms with E-state index in [1.165, 1.54) is 35.3 Å². The molecule has 0 N–H and O–H groups in total. The van der Waals surface area contributed by atoms with Crippen molar-refractivity contribution in [1.82, 2.24) is 0 Å². The van der Waals surface area contributed by atoms with Crippen molar-refractivity contribution < 1.29 is 14.3 Å². The van der Waals surface area contributed by atoms with Gasteiger partial charge >= 0.3 is 0 Å². The van der Waals surface area contributed by atoms with Crippen molar-refractivity contribution in [3.05, 3.63) is 47.6 Å². The predicted octanol–water partition coefficient (Wildman–Crippen LogP) is 3.88. The highest BCUT2D eigenvalue weighted by Gasteiger charge is 2.62. The molecule has 4 heteroatoms. The second kappa shape index (κ2) is 5.83. The molecule has 0 spiro atoms. The van der Waals surface area contributed by atoms with E-state index in [4.69, 9.17) is 4.74 Å². The molecular weight excluding hydrogens is 326 g/mol. The second-order valence-electron chi connectivity index (χ2n) is 7.82. The SMILES string of the molecule is COc1ccc(N2C(=O)C3C4C=CC(C4=C4CCCCC4)[C@@H]3C2=O)cc1. The summed E-state index contributed by atoms with van der Waals surface area (Å²) in [5.41, 5.74) is 3.60. The molecule has 3 aliphatic carbocycles. The number of fused-ring (bicyclic) bond motifs is 5. The number of hydrogen-bond donors (Lipinski definition) is 0. The maximum Gasteiger partial charge on any atom is 0.238 e. The summed E-state index contributed by atoms with van der Waals surface area (Å²) in [4.78, 5) is 27.8. The minimum Gasteiger partial charge on any atom is -0.497 e. The first kappa shape index (κ1) is 15.9. The van der Waals surface area contributed by atoms with Gasteiger partial charge in [-0.05, 0) is 49.9 Å². The lowest BCUT2D eigenvalue weighted by molar-refractivity contribution is -0.122. The Balaban J connectivity index is 1.49. The number of carbonyl (C=O) groups is 2. The monoisotopic (exact) mass is 349 g/mol. The Morgan fingerprint density at radius 1 is 0.885 bits per heavy atom. The van der Waals surface area contributed by atoms with E-state index in [2.05, 4.69) is 12.2 Å². The van der Waals surface area contributed by atoms with Gasteiger partial charge in [-0.15, -0.1) is 0 Å². The van der Waals surface area contributed by atoms with E-state index in [0.717, 1.165) is 18.6 Å². The molecule has 1 aromatic carbocycles. The molecule has 4 atom stereocenters. The molecule has 1 saturated heterocycles. The van der Waals surface area contributed by atoms with Gasteiger partial charge in [-0.25, -0.2) is 4.90 Å². The molecule has 3 unspecified atom stereocenters. The first-order valence-electron chi connectivity index (χ1n) is 9.62. The topological polar surface area (TPSA) is 46.6 Å². The molecule has 2 saturated carbocycles.